The van der Waals surface area contributed by atoms with E-state index in [2.05, 4.69) is 43.5 Å². The first-order valence-electron chi connectivity index (χ1n) is 24.1. The number of rotatable bonds is 44. The topological polar surface area (TPSA) is 95.9 Å². The summed E-state index contributed by atoms with van der Waals surface area (Å²) in [5.41, 5.74) is 0. The highest BCUT2D eigenvalue weighted by molar-refractivity contribution is 5.76. The Labute approximate surface area is 341 Å². The molecule has 6 heteroatoms. The molecule has 6 nitrogen and oxygen atoms in total. The molecule has 0 aromatic carbocycles. The van der Waals surface area contributed by atoms with E-state index in [0.29, 0.717) is 25.9 Å². The number of ether oxygens (including phenoxy) is 1. The van der Waals surface area contributed by atoms with Crippen molar-refractivity contribution in [2.75, 3.05) is 13.2 Å². The molecular formula is C49H93NO5. The van der Waals surface area contributed by atoms with E-state index in [9.17, 15) is 19.8 Å². The average Bonchev–Trinajstić information content (AvgIpc) is 3.18. The van der Waals surface area contributed by atoms with Crippen molar-refractivity contribution in [3.63, 3.8) is 0 Å². The number of aliphatic hydroxyl groups excluding tert-OH is 2. The van der Waals surface area contributed by atoms with Gasteiger partial charge in [-0.3, -0.25) is 9.59 Å². The number of hydrogen-bond acceptors (Lipinski definition) is 5. The fraction of sp³-hybridized carbons (Fsp3) is 0.878. The highest BCUT2D eigenvalue weighted by atomic mass is 16.5. The monoisotopic (exact) mass is 776 g/mol. The summed E-state index contributed by atoms with van der Waals surface area (Å²) in [6, 6.07) is -0.549. The number of esters is 1. The molecule has 0 aromatic heterocycles. The van der Waals surface area contributed by atoms with Gasteiger partial charge in [0.1, 0.15) is 0 Å². The van der Waals surface area contributed by atoms with Gasteiger partial charge in [0.25, 0.3) is 0 Å². The van der Waals surface area contributed by atoms with Gasteiger partial charge < -0.3 is 20.3 Å². The van der Waals surface area contributed by atoms with Gasteiger partial charge in [-0.25, -0.2) is 0 Å². The van der Waals surface area contributed by atoms with Crippen molar-refractivity contribution < 1.29 is 24.5 Å². The van der Waals surface area contributed by atoms with E-state index in [4.69, 9.17) is 4.74 Å². The van der Waals surface area contributed by atoms with Gasteiger partial charge in [-0.1, -0.05) is 192 Å². The van der Waals surface area contributed by atoms with Gasteiger partial charge in [0.15, 0.2) is 0 Å². The lowest BCUT2D eigenvalue weighted by atomic mass is 10.0. The third kappa shape index (κ3) is 41.8. The maximum absolute atomic E-state index is 12.4. The molecule has 0 aliphatic heterocycles. The summed E-state index contributed by atoms with van der Waals surface area (Å²) in [4.78, 5) is 24.3. The number of allylic oxidation sites excluding steroid dienone is 4. The fourth-order valence-corrected chi connectivity index (χ4v) is 7.20. The molecule has 55 heavy (non-hydrogen) atoms. The number of carbonyl (C=O) groups excluding carboxylic acids is 2. The first kappa shape index (κ1) is 53.3. The second kappa shape index (κ2) is 45.0. The number of hydrogen-bond donors (Lipinski definition) is 3. The largest absolute Gasteiger partial charge is 0.466 e. The molecule has 0 bridgehead atoms. The zero-order valence-corrected chi connectivity index (χ0v) is 36.7. The Morgan fingerprint density at radius 1 is 0.491 bits per heavy atom. The number of nitrogens with one attached hydrogen (secondary N) is 1. The average molecular weight is 776 g/mol. The molecular weight excluding hydrogens is 683 g/mol. The van der Waals surface area contributed by atoms with Crippen LogP contribution in [0.25, 0.3) is 0 Å². The predicted molar refractivity (Wildman–Crippen MR) is 236 cm³/mol. The fourth-order valence-electron chi connectivity index (χ4n) is 7.20. The van der Waals surface area contributed by atoms with Gasteiger partial charge in [-0.05, 0) is 70.6 Å². The van der Waals surface area contributed by atoms with Crippen LogP contribution in [0.1, 0.15) is 251 Å². The minimum Gasteiger partial charge on any atom is -0.466 e. The minimum absolute atomic E-state index is 0.00892. The van der Waals surface area contributed by atoms with E-state index < -0.39 is 12.1 Å². The van der Waals surface area contributed by atoms with Crippen LogP contribution < -0.4 is 5.32 Å². The molecule has 1 amide bonds. The van der Waals surface area contributed by atoms with Crippen LogP contribution in [0.15, 0.2) is 24.3 Å². The Hall–Kier alpha value is -1.66. The van der Waals surface area contributed by atoms with Crippen LogP contribution in [0.5, 0.6) is 0 Å². The van der Waals surface area contributed by atoms with E-state index in [0.717, 1.165) is 57.8 Å². The minimum atomic E-state index is -0.670. The van der Waals surface area contributed by atoms with Crippen LogP contribution in [0.2, 0.25) is 0 Å². The molecule has 0 spiro atoms. The van der Waals surface area contributed by atoms with Gasteiger partial charge in [-0.2, -0.15) is 0 Å². The van der Waals surface area contributed by atoms with E-state index >= 15 is 0 Å². The Kier molecular flexibility index (Phi) is 43.7. The predicted octanol–water partition coefficient (Wildman–Crippen LogP) is 14.0. The lowest BCUT2D eigenvalue weighted by Gasteiger charge is -2.22. The van der Waals surface area contributed by atoms with Crippen molar-refractivity contribution in [1.82, 2.24) is 5.32 Å². The van der Waals surface area contributed by atoms with Crippen molar-refractivity contribution in [3.8, 4) is 0 Å². The molecule has 2 unspecified atom stereocenters. The van der Waals surface area contributed by atoms with Crippen LogP contribution in [0.4, 0.5) is 0 Å². The standard InChI is InChI=1S/C49H93NO5/c1-3-5-7-9-11-13-22-27-31-35-39-43-49(54)55-44-40-36-32-28-24-21-19-17-15-14-16-18-20-23-26-30-34-38-42-48(53)50-46(45-51)47(52)41-37-33-29-25-12-10-8-6-4-2/h9,11,16,18,46-47,51-52H,3-8,10,12-15,17,19-45H2,1-2H3,(H,50,53)/b11-9-,18-16-. The molecule has 0 fully saturated rings. The second-order valence-corrected chi connectivity index (χ2v) is 16.4. The maximum atomic E-state index is 12.4. The summed E-state index contributed by atoms with van der Waals surface area (Å²) in [5, 5.41) is 23.0. The number of unbranched alkanes of at least 4 members (excludes halogenated alkanes) is 29. The summed E-state index contributed by atoms with van der Waals surface area (Å²) >= 11 is 0. The molecule has 0 rings (SSSR count). The van der Waals surface area contributed by atoms with E-state index in [1.807, 2.05) is 0 Å². The molecule has 2 atom stereocenters. The van der Waals surface area contributed by atoms with E-state index in [-0.39, 0.29) is 18.5 Å². The normalized spacial score (nSPS) is 12.9. The quantitative estimate of drug-likeness (QED) is 0.0325. The third-order valence-electron chi connectivity index (χ3n) is 11.0. The van der Waals surface area contributed by atoms with Crippen LogP contribution in [0.3, 0.4) is 0 Å². The Morgan fingerprint density at radius 3 is 1.35 bits per heavy atom. The van der Waals surface area contributed by atoms with Crippen molar-refractivity contribution in [1.29, 1.82) is 0 Å². The molecule has 0 radical (unpaired) electrons. The maximum Gasteiger partial charge on any atom is 0.305 e. The Balaban J connectivity index is 3.44. The van der Waals surface area contributed by atoms with Crippen molar-refractivity contribution in [2.45, 2.75) is 264 Å². The molecule has 3 N–H and O–H groups in total. The van der Waals surface area contributed by atoms with Crippen molar-refractivity contribution in [2.24, 2.45) is 0 Å². The summed E-state index contributed by atoms with van der Waals surface area (Å²) in [6.45, 7) is 4.86. The second-order valence-electron chi connectivity index (χ2n) is 16.4. The SMILES string of the molecule is CCCC/C=C\CCCCCCCC(=O)OCCCCCCCCCCC/C=C\CCCCCCCC(=O)NC(CO)C(O)CCCCCCCCCCC. The van der Waals surface area contributed by atoms with Crippen LogP contribution in [0, 0.1) is 0 Å². The zero-order valence-electron chi connectivity index (χ0n) is 36.7. The smallest absolute Gasteiger partial charge is 0.305 e. The van der Waals surface area contributed by atoms with Crippen LogP contribution >= 0.6 is 0 Å². The van der Waals surface area contributed by atoms with Gasteiger partial charge in [0.05, 0.1) is 25.4 Å². The summed E-state index contributed by atoms with van der Waals surface area (Å²) in [5.74, 6) is -0.0617. The lowest BCUT2D eigenvalue weighted by Crippen LogP contribution is -2.45. The highest BCUT2D eigenvalue weighted by Crippen LogP contribution is 2.15. The summed E-state index contributed by atoms with van der Waals surface area (Å²) in [7, 11) is 0. The Bertz CT molecular complexity index is 858. The third-order valence-corrected chi connectivity index (χ3v) is 11.0. The highest BCUT2D eigenvalue weighted by Gasteiger charge is 2.20. The molecule has 324 valence electrons. The van der Waals surface area contributed by atoms with Gasteiger partial charge in [0, 0.05) is 12.8 Å². The summed E-state index contributed by atoms with van der Waals surface area (Å²) in [6.07, 6.45) is 51.5. The van der Waals surface area contributed by atoms with Crippen molar-refractivity contribution >= 4 is 11.9 Å². The molecule has 0 saturated heterocycles. The number of carbonyl (C=O) groups is 2. The number of aliphatic hydroxyl groups is 2. The van der Waals surface area contributed by atoms with Gasteiger partial charge >= 0.3 is 5.97 Å². The molecule has 0 saturated carbocycles. The first-order valence-corrected chi connectivity index (χ1v) is 24.1. The van der Waals surface area contributed by atoms with Gasteiger partial charge in [-0.15, -0.1) is 0 Å². The molecule has 0 aliphatic rings. The number of amides is 1. The summed E-state index contributed by atoms with van der Waals surface area (Å²) < 4.78 is 5.44. The molecule has 0 aromatic rings. The van der Waals surface area contributed by atoms with E-state index in [1.165, 1.54) is 161 Å². The Morgan fingerprint density at radius 2 is 0.873 bits per heavy atom. The van der Waals surface area contributed by atoms with E-state index in [1.54, 1.807) is 0 Å². The molecule has 0 aliphatic carbocycles. The lowest BCUT2D eigenvalue weighted by molar-refractivity contribution is -0.143. The first-order chi connectivity index (χ1) is 27.0. The van der Waals surface area contributed by atoms with Crippen LogP contribution in [-0.4, -0.2) is 47.4 Å². The van der Waals surface area contributed by atoms with Crippen molar-refractivity contribution in [3.05, 3.63) is 24.3 Å². The van der Waals surface area contributed by atoms with Gasteiger partial charge in [0.2, 0.25) is 5.91 Å². The van der Waals surface area contributed by atoms with Crippen LogP contribution in [-0.2, 0) is 14.3 Å². The zero-order chi connectivity index (χ0) is 40.1. The molecule has 0 heterocycles.